The molecule has 0 atom stereocenters. The highest BCUT2D eigenvalue weighted by Crippen LogP contribution is 2.20. The van der Waals surface area contributed by atoms with Gasteiger partial charge in [0.15, 0.2) is 0 Å². The Morgan fingerprint density at radius 3 is 2.86 bits per heavy atom. The summed E-state index contributed by atoms with van der Waals surface area (Å²) in [5.41, 5.74) is 8.61. The molecule has 0 spiro atoms. The van der Waals surface area contributed by atoms with Gasteiger partial charge in [-0.2, -0.15) is 0 Å². The van der Waals surface area contributed by atoms with E-state index in [4.69, 9.17) is 5.73 Å². The lowest BCUT2D eigenvalue weighted by Gasteiger charge is -1.95. The predicted octanol–water partition coefficient (Wildman–Crippen LogP) is 1.28. The topological polar surface area (TPSA) is 71.8 Å². The van der Waals surface area contributed by atoms with E-state index in [1.807, 2.05) is 13.8 Å². The third kappa shape index (κ3) is 1.16. The number of carbonyl (C=O) groups is 1. The number of rotatable bonds is 1. The van der Waals surface area contributed by atoms with Crippen LogP contribution in [0.25, 0.3) is 10.9 Å². The molecule has 3 N–H and O–H groups in total. The molecule has 14 heavy (non-hydrogen) atoms. The average Bonchev–Trinajstić information content (AvgIpc) is 2.43. The number of H-pyrrole nitrogens is 1. The van der Waals surface area contributed by atoms with Gasteiger partial charge in [-0.05, 0) is 25.5 Å². The number of aromatic nitrogens is 2. The van der Waals surface area contributed by atoms with E-state index in [1.54, 1.807) is 12.3 Å². The first-order valence-corrected chi connectivity index (χ1v) is 4.34. The third-order valence-electron chi connectivity index (χ3n) is 2.45. The number of nitrogens with two attached hydrogens (primary N) is 1. The zero-order chi connectivity index (χ0) is 10.3. The molecule has 0 bridgehead atoms. The number of hydrogen-bond donors (Lipinski definition) is 2. The molecular weight excluding hydrogens is 178 g/mol. The van der Waals surface area contributed by atoms with Crippen molar-refractivity contribution in [3.05, 3.63) is 29.2 Å². The summed E-state index contributed by atoms with van der Waals surface area (Å²) < 4.78 is 0. The molecule has 0 unspecified atom stereocenters. The predicted molar refractivity (Wildman–Crippen MR) is 54.1 cm³/mol. The zero-order valence-corrected chi connectivity index (χ0v) is 8.09. The molecule has 0 aliphatic carbocycles. The van der Waals surface area contributed by atoms with Gasteiger partial charge in [-0.1, -0.05) is 0 Å². The summed E-state index contributed by atoms with van der Waals surface area (Å²) in [4.78, 5) is 18.0. The summed E-state index contributed by atoms with van der Waals surface area (Å²) in [6, 6.07) is 1.72. The van der Waals surface area contributed by atoms with E-state index in [-0.39, 0.29) is 0 Å². The van der Waals surface area contributed by atoms with Crippen LogP contribution in [0, 0.1) is 13.8 Å². The van der Waals surface area contributed by atoms with E-state index < -0.39 is 5.91 Å². The van der Waals surface area contributed by atoms with Crippen LogP contribution in [0.3, 0.4) is 0 Å². The highest BCUT2D eigenvalue weighted by atomic mass is 16.1. The number of hydrogen-bond acceptors (Lipinski definition) is 2. The van der Waals surface area contributed by atoms with Crippen molar-refractivity contribution in [1.82, 2.24) is 9.97 Å². The van der Waals surface area contributed by atoms with Crippen LogP contribution in [-0.4, -0.2) is 15.9 Å². The Hall–Kier alpha value is -1.84. The number of aromatic amines is 1. The van der Waals surface area contributed by atoms with Crippen molar-refractivity contribution < 1.29 is 4.79 Å². The Bertz CT molecular complexity index is 513. The summed E-state index contributed by atoms with van der Waals surface area (Å²) in [5.74, 6) is -0.495. The van der Waals surface area contributed by atoms with Crippen LogP contribution in [0.1, 0.15) is 21.7 Å². The Labute approximate surface area is 81.1 Å². The summed E-state index contributed by atoms with van der Waals surface area (Å²) in [6.07, 6.45) is 1.63. The molecule has 2 aromatic heterocycles. The third-order valence-corrected chi connectivity index (χ3v) is 2.45. The van der Waals surface area contributed by atoms with Gasteiger partial charge in [-0.3, -0.25) is 4.79 Å². The Kier molecular flexibility index (Phi) is 1.77. The number of amides is 1. The monoisotopic (exact) mass is 189 g/mol. The zero-order valence-electron chi connectivity index (χ0n) is 8.09. The van der Waals surface area contributed by atoms with Crippen LogP contribution in [-0.2, 0) is 0 Å². The van der Waals surface area contributed by atoms with Gasteiger partial charge in [0.1, 0.15) is 5.69 Å². The van der Waals surface area contributed by atoms with E-state index in [1.165, 1.54) is 0 Å². The van der Waals surface area contributed by atoms with Crippen molar-refractivity contribution in [2.75, 3.05) is 0 Å². The smallest absolute Gasteiger partial charge is 0.267 e. The van der Waals surface area contributed by atoms with Crippen molar-refractivity contribution in [2.24, 2.45) is 5.73 Å². The summed E-state index contributed by atoms with van der Waals surface area (Å²) in [6.45, 7) is 3.98. The molecule has 2 heterocycles. The summed E-state index contributed by atoms with van der Waals surface area (Å²) in [5, 5.41) is 1.01. The number of nitrogens with zero attached hydrogens (tertiary/aromatic N) is 1. The van der Waals surface area contributed by atoms with Crippen molar-refractivity contribution in [2.45, 2.75) is 13.8 Å². The van der Waals surface area contributed by atoms with E-state index in [2.05, 4.69) is 9.97 Å². The highest BCUT2D eigenvalue weighted by Gasteiger charge is 2.08. The summed E-state index contributed by atoms with van der Waals surface area (Å²) >= 11 is 0. The maximum absolute atomic E-state index is 10.9. The maximum atomic E-state index is 10.9. The minimum atomic E-state index is -0.495. The molecular formula is C10H11N3O. The Morgan fingerprint density at radius 1 is 1.50 bits per heavy atom. The second-order valence-electron chi connectivity index (χ2n) is 3.35. The van der Waals surface area contributed by atoms with Gasteiger partial charge in [0.25, 0.3) is 5.91 Å². The normalized spacial score (nSPS) is 10.7. The second kappa shape index (κ2) is 2.83. The molecule has 0 aliphatic heterocycles. The molecule has 4 heteroatoms. The first kappa shape index (κ1) is 8.74. The van der Waals surface area contributed by atoms with Gasteiger partial charge in [0.2, 0.25) is 0 Å². The average molecular weight is 189 g/mol. The van der Waals surface area contributed by atoms with Gasteiger partial charge in [0, 0.05) is 11.1 Å². The van der Waals surface area contributed by atoms with Crippen molar-refractivity contribution in [3.8, 4) is 0 Å². The standard InChI is InChI=1S/C10H11N3O/c1-5-6(2)13-9-4-12-8(10(11)14)3-7(5)9/h3-4,13H,1-2H3,(H2,11,14). The van der Waals surface area contributed by atoms with Crippen LogP contribution in [0.2, 0.25) is 0 Å². The quantitative estimate of drug-likeness (QED) is 0.709. The molecule has 0 aliphatic rings. The van der Waals surface area contributed by atoms with Gasteiger partial charge < -0.3 is 10.7 Å². The number of primary amides is 1. The number of carbonyl (C=O) groups excluding carboxylic acids is 1. The molecule has 2 rings (SSSR count). The molecule has 0 saturated heterocycles. The Balaban J connectivity index is 2.76. The van der Waals surface area contributed by atoms with Gasteiger partial charge in [-0.25, -0.2) is 4.98 Å². The van der Waals surface area contributed by atoms with Gasteiger partial charge in [-0.15, -0.1) is 0 Å². The van der Waals surface area contributed by atoms with Crippen LogP contribution in [0.15, 0.2) is 12.3 Å². The van der Waals surface area contributed by atoms with Crippen LogP contribution < -0.4 is 5.73 Å². The Morgan fingerprint density at radius 2 is 2.21 bits per heavy atom. The van der Waals surface area contributed by atoms with Gasteiger partial charge in [0.05, 0.1) is 11.7 Å². The maximum Gasteiger partial charge on any atom is 0.267 e. The minimum Gasteiger partial charge on any atom is -0.364 e. The molecule has 2 aromatic rings. The van der Waals surface area contributed by atoms with E-state index in [0.29, 0.717) is 5.69 Å². The lowest BCUT2D eigenvalue weighted by molar-refractivity contribution is 0.0996. The number of aryl methyl sites for hydroxylation is 2. The van der Waals surface area contributed by atoms with Crippen LogP contribution in [0.4, 0.5) is 0 Å². The molecule has 0 fully saturated rings. The fourth-order valence-electron chi connectivity index (χ4n) is 1.50. The highest BCUT2D eigenvalue weighted by molar-refractivity contribution is 5.95. The molecule has 1 amide bonds. The van der Waals surface area contributed by atoms with Crippen molar-refractivity contribution in [1.29, 1.82) is 0 Å². The lowest BCUT2D eigenvalue weighted by Crippen LogP contribution is -2.12. The first-order chi connectivity index (χ1) is 6.59. The van der Waals surface area contributed by atoms with Crippen molar-refractivity contribution in [3.63, 3.8) is 0 Å². The van der Waals surface area contributed by atoms with E-state index in [0.717, 1.165) is 22.2 Å². The van der Waals surface area contributed by atoms with E-state index >= 15 is 0 Å². The minimum absolute atomic E-state index is 0.305. The molecule has 0 saturated carbocycles. The second-order valence-corrected chi connectivity index (χ2v) is 3.35. The lowest BCUT2D eigenvalue weighted by atomic mass is 10.1. The number of fused-ring (bicyclic) bond motifs is 1. The van der Waals surface area contributed by atoms with Gasteiger partial charge >= 0.3 is 0 Å². The molecule has 0 radical (unpaired) electrons. The molecule has 0 aromatic carbocycles. The SMILES string of the molecule is Cc1[nH]c2cnc(C(N)=O)cc2c1C. The fourth-order valence-corrected chi connectivity index (χ4v) is 1.50. The van der Waals surface area contributed by atoms with Crippen molar-refractivity contribution >= 4 is 16.8 Å². The van der Waals surface area contributed by atoms with Crippen LogP contribution >= 0.6 is 0 Å². The fraction of sp³-hybridized carbons (Fsp3) is 0.200. The van der Waals surface area contributed by atoms with E-state index in [9.17, 15) is 4.79 Å². The van der Waals surface area contributed by atoms with Crippen LogP contribution in [0.5, 0.6) is 0 Å². The first-order valence-electron chi connectivity index (χ1n) is 4.34. The molecule has 72 valence electrons. The number of pyridine rings is 1. The largest absolute Gasteiger partial charge is 0.364 e. The summed E-state index contributed by atoms with van der Waals surface area (Å²) in [7, 11) is 0. The number of nitrogens with one attached hydrogen (secondary N) is 1. The molecule has 4 nitrogen and oxygen atoms in total.